The molecule has 4 heteroatoms. The van der Waals surface area contributed by atoms with E-state index in [1.807, 2.05) is 11.0 Å². The standard InChI is InChI=1S/C26H31NO3/c1-18-5-10-23(29-2)21(16-18)19-6-8-20(9-7-19)22-17-26(22)11-13-27(14-12-26)25(28)24-4-3-15-30-24/h5-10,16,22,24H,3-4,11-15,17H2,1-2H3. The van der Waals surface area contributed by atoms with Crippen LogP contribution in [0, 0.1) is 12.3 Å². The van der Waals surface area contributed by atoms with E-state index >= 15 is 0 Å². The van der Waals surface area contributed by atoms with Crippen LogP contribution < -0.4 is 4.74 Å². The van der Waals surface area contributed by atoms with Gasteiger partial charge in [0.25, 0.3) is 5.91 Å². The zero-order valence-electron chi connectivity index (χ0n) is 18.0. The molecule has 1 saturated carbocycles. The lowest BCUT2D eigenvalue weighted by Gasteiger charge is -2.34. The summed E-state index contributed by atoms with van der Waals surface area (Å²) in [5.41, 5.74) is 5.42. The minimum atomic E-state index is -0.180. The molecular weight excluding hydrogens is 374 g/mol. The van der Waals surface area contributed by atoms with Crippen LogP contribution in [0.2, 0.25) is 0 Å². The second-order valence-corrected chi connectivity index (χ2v) is 9.27. The lowest BCUT2D eigenvalue weighted by Crippen LogP contribution is -2.44. The number of carbonyl (C=O) groups excluding carboxylic acids is 1. The summed E-state index contributed by atoms with van der Waals surface area (Å²) < 4.78 is 11.2. The van der Waals surface area contributed by atoms with E-state index < -0.39 is 0 Å². The van der Waals surface area contributed by atoms with Crippen LogP contribution in [0.4, 0.5) is 0 Å². The van der Waals surface area contributed by atoms with Gasteiger partial charge in [-0.25, -0.2) is 0 Å². The van der Waals surface area contributed by atoms with Crippen LogP contribution in [0.5, 0.6) is 5.75 Å². The third-order valence-corrected chi connectivity index (χ3v) is 7.44. The normalized spacial score (nSPS) is 24.8. The van der Waals surface area contributed by atoms with Crippen molar-refractivity contribution in [3.8, 4) is 16.9 Å². The first-order chi connectivity index (χ1) is 14.6. The van der Waals surface area contributed by atoms with Crippen molar-refractivity contribution in [3.63, 3.8) is 0 Å². The van der Waals surface area contributed by atoms with Gasteiger partial charge in [0, 0.05) is 25.3 Å². The summed E-state index contributed by atoms with van der Waals surface area (Å²) in [5, 5.41) is 0. The number of amides is 1. The fourth-order valence-corrected chi connectivity index (χ4v) is 5.46. The fourth-order valence-electron chi connectivity index (χ4n) is 5.46. The van der Waals surface area contributed by atoms with E-state index in [1.165, 1.54) is 23.1 Å². The molecule has 1 amide bonds. The lowest BCUT2D eigenvalue weighted by molar-refractivity contribution is -0.142. The average Bonchev–Trinajstić information content (AvgIpc) is 3.20. The van der Waals surface area contributed by atoms with Crippen molar-refractivity contribution < 1.29 is 14.3 Å². The number of hydrogen-bond donors (Lipinski definition) is 0. The van der Waals surface area contributed by atoms with Crippen molar-refractivity contribution in [2.45, 2.75) is 51.0 Å². The largest absolute Gasteiger partial charge is 0.496 e. The molecule has 158 valence electrons. The summed E-state index contributed by atoms with van der Waals surface area (Å²) in [7, 11) is 1.73. The Kier molecular flexibility index (Phi) is 5.06. The van der Waals surface area contributed by atoms with Crippen LogP contribution in [0.15, 0.2) is 42.5 Å². The van der Waals surface area contributed by atoms with E-state index in [0.717, 1.165) is 56.7 Å². The molecule has 3 aliphatic rings. The molecule has 3 fully saturated rings. The monoisotopic (exact) mass is 405 g/mol. The molecule has 1 aliphatic carbocycles. The molecule has 2 heterocycles. The molecule has 0 bridgehead atoms. The number of nitrogens with zero attached hydrogens (tertiary/aromatic N) is 1. The maximum atomic E-state index is 12.6. The molecule has 4 nitrogen and oxygen atoms in total. The molecule has 0 N–H and O–H groups in total. The average molecular weight is 406 g/mol. The number of ether oxygens (including phenoxy) is 2. The van der Waals surface area contributed by atoms with Gasteiger partial charge in [0.05, 0.1) is 7.11 Å². The molecule has 2 aromatic carbocycles. The molecule has 2 atom stereocenters. The molecule has 0 aromatic heterocycles. The smallest absolute Gasteiger partial charge is 0.251 e. The number of rotatable bonds is 4. The number of carbonyl (C=O) groups is 1. The summed E-state index contributed by atoms with van der Waals surface area (Å²) in [4.78, 5) is 14.7. The Morgan fingerprint density at radius 2 is 1.90 bits per heavy atom. The molecular formula is C26H31NO3. The van der Waals surface area contributed by atoms with Crippen LogP contribution in [-0.4, -0.2) is 43.7 Å². The zero-order chi connectivity index (χ0) is 20.7. The van der Waals surface area contributed by atoms with Crippen LogP contribution in [0.1, 0.15) is 49.1 Å². The Morgan fingerprint density at radius 3 is 2.57 bits per heavy atom. The Balaban J connectivity index is 1.24. The number of methoxy groups -OCH3 is 1. The Hall–Kier alpha value is -2.33. The van der Waals surface area contributed by atoms with Crippen LogP contribution >= 0.6 is 0 Å². The van der Waals surface area contributed by atoms with Gasteiger partial charge < -0.3 is 14.4 Å². The topological polar surface area (TPSA) is 38.8 Å². The molecule has 2 aliphatic heterocycles. The van der Waals surface area contributed by atoms with Crippen LogP contribution in [-0.2, 0) is 9.53 Å². The Bertz CT molecular complexity index is 922. The lowest BCUT2D eigenvalue weighted by atomic mass is 9.88. The number of piperidine rings is 1. The van der Waals surface area contributed by atoms with E-state index in [1.54, 1.807) is 7.11 Å². The molecule has 0 radical (unpaired) electrons. The van der Waals surface area contributed by atoms with Crippen LogP contribution in [0.25, 0.3) is 11.1 Å². The fraction of sp³-hybridized carbons (Fsp3) is 0.500. The number of aryl methyl sites for hydroxylation is 1. The van der Waals surface area contributed by atoms with Gasteiger partial charge in [-0.2, -0.15) is 0 Å². The van der Waals surface area contributed by atoms with E-state index in [0.29, 0.717) is 11.3 Å². The van der Waals surface area contributed by atoms with E-state index in [-0.39, 0.29) is 12.0 Å². The first-order valence-corrected chi connectivity index (χ1v) is 11.2. The van der Waals surface area contributed by atoms with Crippen molar-refractivity contribution in [1.29, 1.82) is 0 Å². The van der Waals surface area contributed by atoms with Gasteiger partial charge in [-0.15, -0.1) is 0 Å². The van der Waals surface area contributed by atoms with Crippen molar-refractivity contribution in [1.82, 2.24) is 4.90 Å². The van der Waals surface area contributed by atoms with Gasteiger partial charge >= 0.3 is 0 Å². The molecule has 2 unspecified atom stereocenters. The highest BCUT2D eigenvalue weighted by molar-refractivity contribution is 5.81. The number of hydrogen-bond acceptors (Lipinski definition) is 3. The SMILES string of the molecule is COc1ccc(C)cc1-c1ccc(C2CC23CCN(C(=O)C2CCCO2)CC3)cc1. The molecule has 2 saturated heterocycles. The summed E-state index contributed by atoms with van der Waals surface area (Å²) >= 11 is 0. The number of benzene rings is 2. The van der Waals surface area contributed by atoms with E-state index in [2.05, 4.69) is 43.3 Å². The van der Waals surface area contributed by atoms with Gasteiger partial charge in [-0.1, -0.05) is 35.9 Å². The predicted octanol–water partition coefficient (Wildman–Crippen LogP) is 4.95. The summed E-state index contributed by atoms with van der Waals surface area (Å²) in [5.74, 6) is 1.77. The summed E-state index contributed by atoms with van der Waals surface area (Å²) in [6, 6.07) is 15.4. The molecule has 30 heavy (non-hydrogen) atoms. The van der Waals surface area contributed by atoms with Gasteiger partial charge in [0.2, 0.25) is 0 Å². The Morgan fingerprint density at radius 1 is 1.13 bits per heavy atom. The highest BCUT2D eigenvalue weighted by Crippen LogP contribution is 2.65. The van der Waals surface area contributed by atoms with E-state index in [9.17, 15) is 4.79 Å². The second-order valence-electron chi connectivity index (χ2n) is 9.27. The van der Waals surface area contributed by atoms with Crippen molar-refractivity contribution in [3.05, 3.63) is 53.6 Å². The maximum absolute atomic E-state index is 12.6. The second kappa shape index (κ2) is 7.73. The molecule has 5 rings (SSSR count). The third kappa shape index (κ3) is 3.51. The van der Waals surface area contributed by atoms with Gasteiger partial charge in [0.1, 0.15) is 11.9 Å². The van der Waals surface area contributed by atoms with Gasteiger partial charge in [0.15, 0.2) is 0 Å². The minimum absolute atomic E-state index is 0.180. The highest BCUT2D eigenvalue weighted by Gasteiger charge is 2.55. The molecule has 1 spiro atoms. The van der Waals surface area contributed by atoms with Crippen molar-refractivity contribution >= 4 is 5.91 Å². The zero-order valence-corrected chi connectivity index (χ0v) is 18.0. The maximum Gasteiger partial charge on any atom is 0.251 e. The van der Waals surface area contributed by atoms with Crippen molar-refractivity contribution in [2.24, 2.45) is 5.41 Å². The summed E-state index contributed by atoms with van der Waals surface area (Å²) in [6.45, 7) is 4.61. The highest BCUT2D eigenvalue weighted by atomic mass is 16.5. The van der Waals surface area contributed by atoms with Crippen LogP contribution in [0.3, 0.4) is 0 Å². The first kappa shape index (κ1) is 19.6. The quantitative estimate of drug-likeness (QED) is 0.723. The van der Waals surface area contributed by atoms with Crippen molar-refractivity contribution in [2.75, 3.05) is 26.8 Å². The minimum Gasteiger partial charge on any atom is -0.496 e. The van der Waals surface area contributed by atoms with Gasteiger partial charge in [-0.05, 0) is 73.6 Å². The summed E-state index contributed by atoms with van der Waals surface area (Å²) in [6.07, 6.45) is 5.21. The molecule has 2 aromatic rings. The van der Waals surface area contributed by atoms with E-state index in [4.69, 9.17) is 9.47 Å². The Labute approximate surface area is 179 Å². The van der Waals surface area contributed by atoms with Gasteiger partial charge in [-0.3, -0.25) is 4.79 Å². The predicted molar refractivity (Wildman–Crippen MR) is 118 cm³/mol. The first-order valence-electron chi connectivity index (χ1n) is 11.2. The third-order valence-electron chi connectivity index (χ3n) is 7.44. The number of likely N-dealkylation sites (tertiary alicyclic amines) is 1.